The molecule has 3 aromatic carbocycles. The average molecular weight is 599 g/mol. The van der Waals surface area contributed by atoms with Crippen molar-refractivity contribution in [3.05, 3.63) is 82.9 Å². The molecule has 2 N–H and O–H groups in total. The minimum atomic E-state index is -4.55. The molecule has 6 nitrogen and oxygen atoms in total. The van der Waals surface area contributed by atoms with Gasteiger partial charge in [0.2, 0.25) is 10.0 Å². The van der Waals surface area contributed by atoms with E-state index in [9.17, 15) is 31.5 Å². The molecule has 1 saturated heterocycles. The van der Waals surface area contributed by atoms with E-state index in [2.05, 4.69) is 5.32 Å². The minimum Gasteiger partial charge on any atom is -0.480 e. The van der Waals surface area contributed by atoms with Gasteiger partial charge in [-0.2, -0.15) is 29.2 Å². The minimum absolute atomic E-state index is 0.0159. The second kappa shape index (κ2) is 11.0. The number of hydrogen-bond acceptors (Lipinski definition) is 5. The fraction of sp³-hybridized carbons (Fsp3) is 0.296. The highest BCUT2D eigenvalue weighted by Gasteiger charge is 2.48. The highest BCUT2D eigenvalue weighted by Crippen LogP contribution is 2.39. The van der Waals surface area contributed by atoms with E-state index in [1.165, 1.54) is 36.0 Å². The van der Waals surface area contributed by atoms with Crippen LogP contribution in [0.4, 0.5) is 18.9 Å². The Morgan fingerprint density at radius 2 is 1.67 bits per heavy atom. The molecule has 12 heteroatoms. The standard InChI is InChI=1S/C27H26ClF3N2O4S2/c1-26(2)24(25(34)35)33(13-14-38-26)39(36,37)21-10-7-19(8-11-21)18-5-3-17(4-6-18)16-32-20-9-12-23(28)22(15-20)27(29,30)31/h3-12,15,24,32H,13-14,16H2,1-2H3,(H,34,35). The summed E-state index contributed by atoms with van der Waals surface area (Å²) in [5.74, 6) is -0.685. The van der Waals surface area contributed by atoms with Crippen LogP contribution >= 0.6 is 23.4 Å². The summed E-state index contributed by atoms with van der Waals surface area (Å²) in [7, 11) is -4.03. The van der Waals surface area contributed by atoms with Crippen LogP contribution in [0.3, 0.4) is 0 Å². The number of nitrogens with one attached hydrogen (secondary N) is 1. The number of benzene rings is 3. The largest absolute Gasteiger partial charge is 0.480 e. The first-order valence-electron chi connectivity index (χ1n) is 11.9. The van der Waals surface area contributed by atoms with Gasteiger partial charge < -0.3 is 10.4 Å². The lowest BCUT2D eigenvalue weighted by atomic mass is 10.0. The zero-order valence-corrected chi connectivity index (χ0v) is 23.4. The fourth-order valence-electron chi connectivity index (χ4n) is 4.46. The quantitative estimate of drug-likeness (QED) is 0.318. The third-order valence-electron chi connectivity index (χ3n) is 6.48. The third-order valence-corrected chi connectivity index (χ3v) is 10.0. The van der Waals surface area contributed by atoms with Crippen LogP contribution in [0.1, 0.15) is 25.0 Å². The van der Waals surface area contributed by atoms with Crippen LogP contribution < -0.4 is 5.32 Å². The number of aliphatic carboxylic acids is 1. The molecule has 0 saturated carbocycles. The van der Waals surface area contributed by atoms with Crippen LogP contribution in [0.5, 0.6) is 0 Å². The number of nitrogens with zero attached hydrogens (tertiary/aromatic N) is 1. The maximum absolute atomic E-state index is 13.3. The molecule has 1 fully saturated rings. The number of carboxylic acid groups (broad SMARTS) is 1. The van der Waals surface area contributed by atoms with Gasteiger partial charge in [-0.15, -0.1) is 0 Å². The number of carbonyl (C=O) groups is 1. The lowest BCUT2D eigenvalue weighted by Gasteiger charge is -2.42. The molecule has 0 amide bonds. The summed E-state index contributed by atoms with van der Waals surface area (Å²) in [5, 5.41) is 12.3. The van der Waals surface area contributed by atoms with Crippen molar-refractivity contribution in [2.45, 2.75) is 42.3 Å². The molecule has 1 aliphatic heterocycles. The van der Waals surface area contributed by atoms with Crippen molar-refractivity contribution < 1.29 is 31.5 Å². The third kappa shape index (κ3) is 6.37. The molecule has 1 heterocycles. The van der Waals surface area contributed by atoms with Crippen molar-refractivity contribution >= 4 is 45.0 Å². The molecule has 0 aromatic heterocycles. The molecular formula is C27H26ClF3N2O4S2. The Bertz CT molecular complexity index is 1460. The van der Waals surface area contributed by atoms with Gasteiger partial charge in [-0.25, -0.2) is 8.42 Å². The lowest BCUT2D eigenvalue weighted by molar-refractivity contribution is -0.142. The second-order valence-corrected chi connectivity index (χ2v) is 13.6. The summed E-state index contributed by atoms with van der Waals surface area (Å²) >= 11 is 7.11. The van der Waals surface area contributed by atoms with E-state index in [0.717, 1.165) is 27.1 Å². The molecule has 0 radical (unpaired) electrons. The molecule has 39 heavy (non-hydrogen) atoms. The van der Waals surface area contributed by atoms with E-state index in [-0.39, 0.29) is 28.7 Å². The highest BCUT2D eigenvalue weighted by atomic mass is 35.5. The summed E-state index contributed by atoms with van der Waals surface area (Å²) in [5.41, 5.74) is 1.77. The van der Waals surface area contributed by atoms with Crippen LogP contribution in [-0.4, -0.2) is 46.9 Å². The van der Waals surface area contributed by atoms with Gasteiger partial charge in [0, 0.05) is 29.3 Å². The normalized spacial score (nSPS) is 18.1. The Kier molecular flexibility index (Phi) is 8.28. The van der Waals surface area contributed by atoms with Crippen LogP contribution in [0.25, 0.3) is 11.1 Å². The van der Waals surface area contributed by atoms with E-state index in [0.29, 0.717) is 5.75 Å². The number of sulfonamides is 1. The Balaban J connectivity index is 1.47. The molecule has 1 aliphatic rings. The van der Waals surface area contributed by atoms with Gasteiger partial charge in [0.15, 0.2) is 0 Å². The first-order valence-corrected chi connectivity index (χ1v) is 14.7. The van der Waals surface area contributed by atoms with Crippen molar-refractivity contribution in [3.63, 3.8) is 0 Å². The molecule has 208 valence electrons. The van der Waals surface area contributed by atoms with E-state index in [1.807, 2.05) is 24.3 Å². The zero-order chi connectivity index (χ0) is 28.6. The fourth-order valence-corrected chi connectivity index (χ4v) is 7.78. The highest BCUT2D eigenvalue weighted by molar-refractivity contribution is 8.00. The summed E-state index contributed by atoms with van der Waals surface area (Å²) in [6.07, 6.45) is -4.55. The summed E-state index contributed by atoms with van der Waals surface area (Å²) in [6.45, 7) is 3.86. The van der Waals surface area contributed by atoms with Crippen molar-refractivity contribution in [2.75, 3.05) is 17.6 Å². The van der Waals surface area contributed by atoms with E-state index in [4.69, 9.17) is 11.6 Å². The number of alkyl halides is 3. The van der Waals surface area contributed by atoms with Gasteiger partial charge in [0.1, 0.15) is 6.04 Å². The molecular weight excluding hydrogens is 573 g/mol. The molecule has 1 atom stereocenters. The van der Waals surface area contributed by atoms with Crippen molar-refractivity contribution in [1.82, 2.24) is 4.31 Å². The van der Waals surface area contributed by atoms with Gasteiger partial charge >= 0.3 is 12.1 Å². The maximum Gasteiger partial charge on any atom is 0.417 e. The van der Waals surface area contributed by atoms with Gasteiger partial charge in [0.25, 0.3) is 0 Å². The van der Waals surface area contributed by atoms with E-state index < -0.39 is 38.5 Å². The number of halogens is 4. The van der Waals surface area contributed by atoms with Gasteiger partial charge in [-0.1, -0.05) is 48.0 Å². The number of rotatable bonds is 7. The van der Waals surface area contributed by atoms with Crippen molar-refractivity contribution in [3.8, 4) is 11.1 Å². The maximum atomic E-state index is 13.3. The first kappa shape index (κ1) is 29.3. The number of thioether (sulfide) groups is 1. The second-order valence-electron chi connectivity index (χ2n) is 9.58. The molecule has 0 spiro atoms. The Labute approximate surface area is 234 Å². The predicted molar refractivity (Wildman–Crippen MR) is 148 cm³/mol. The molecule has 1 unspecified atom stereocenters. The topological polar surface area (TPSA) is 86.7 Å². The monoisotopic (exact) mass is 598 g/mol. The lowest BCUT2D eigenvalue weighted by Crippen LogP contribution is -2.58. The van der Waals surface area contributed by atoms with Crippen LogP contribution in [0, 0.1) is 0 Å². The predicted octanol–water partition coefficient (Wildman–Crippen LogP) is 6.61. The van der Waals surface area contributed by atoms with Crippen molar-refractivity contribution in [1.29, 1.82) is 0 Å². The Morgan fingerprint density at radius 1 is 1.08 bits per heavy atom. The van der Waals surface area contributed by atoms with E-state index in [1.54, 1.807) is 26.0 Å². The smallest absolute Gasteiger partial charge is 0.417 e. The number of carboxylic acids is 1. The van der Waals surface area contributed by atoms with Crippen LogP contribution in [0.2, 0.25) is 5.02 Å². The average Bonchev–Trinajstić information content (AvgIpc) is 2.87. The van der Waals surface area contributed by atoms with Crippen LogP contribution in [0.15, 0.2) is 71.6 Å². The first-order chi connectivity index (χ1) is 18.2. The Morgan fingerprint density at radius 3 is 2.23 bits per heavy atom. The van der Waals surface area contributed by atoms with Gasteiger partial charge in [-0.3, -0.25) is 4.79 Å². The summed E-state index contributed by atoms with van der Waals surface area (Å²) < 4.78 is 66.2. The SMILES string of the molecule is CC1(C)SCCN(S(=O)(=O)c2ccc(-c3ccc(CNc4ccc(Cl)c(C(F)(F)F)c4)cc3)cc2)C1C(=O)O. The van der Waals surface area contributed by atoms with Crippen LogP contribution in [-0.2, 0) is 27.5 Å². The zero-order valence-electron chi connectivity index (χ0n) is 21.0. The molecule has 0 aliphatic carbocycles. The molecule has 0 bridgehead atoms. The van der Waals surface area contributed by atoms with Gasteiger partial charge in [0.05, 0.1) is 15.5 Å². The van der Waals surface area contributed by atoms with Gasteiger partial charge in [-0.05, 0) is 60.9 Å². The van der Waals surface area contributed by atoms with E-state index >= 15 is 0 Å². The van der Waals surface area contributed by atoms with Crippen molar-refractivity contribution in [2.24, 2.45) is 0 Å². The summed E-state index contributed by atoms with van der Waals surface area (Å²) in [4.78, 5) is 12.0. The number of hydrogen-bond donors (Lipinski definition) is 2. The Hall–Kier alpha value is -2.73. The molecule has 4 rings (SSSR count). The molecule has 3 aromatic rings. The summed E-state index contributed by atoms with van der Waals surface area (Å²) in [6, 6.07) is 16.0. The number of anilines is 1.